The average Bonchev–Trinajstić information content (AvgIpc) is 3.36. The summed E-state index contributed by atoms with van der Waals surface area (Å²) in [5, 5.41) is 5.71. The van der Waals surface area contributed by atoms with Crippen LogP contribution < -0.4 is 20.4 Å². The maximum absolute atomic E-state index is 12.4. The SMILES string of the molecule is CCCN(c1nc(Nc2ccc(C(=O)NC)cn2)ncc1N(C)C(=O)CC)C1CCCC1. The van der Waals surface area contributed by atoms with E-state index in [0.29, 0.717) is 35.5 Å². The molecule has 172 valence electrons. The van der Waals surface area contributed by atoms with Gasteiger partial charge >= 0.3 is 0 Å². The summed E-state index contributed by atoms with van der Waals surface area (Å²) < 4.78 is 0. The van der Waals surface area contributed by atoms with E-state index in [2.05, 4.69) is 32.4 Å². The van der Waals surface area contributed by atoms with E-state index in [1.165, 1.54) is 19.0 Å². The van der Waals surface area contributed by atoms with Crippen molar-refractivity contribution in [3.63, 3.8) is 0 Å². The number of hydrogen-bond donors (Lipinski definition) is 2. The fourth-order valence-electron chi connectivity index (χ4n) is 4.03. The Morgan fingerprint density at radius 2 is 1.88 bits per heavy atom. The van der Waals surface area contributed by atoms with Gasteiger partial charge in [0.15, 0.2) is 5.82 Å². The molecule has 0 atom stereocenters. The first-order chi connectivity index (χ1) is 15.5. The molecule has 0 radical (unpaired) electrons. The van der Waals surface area contributed by atoms with E-state index in [4.69, 9.17) is 4.98 Å². The van der Waals surface area contributed by atoms with Crippen LogP contribution in [0.15, 0.2) is 24.5 Å². The number of anilines is 4. The minimum Gasteiger partial charge on any atom is -0.355 e. The molecular weight excluding hydrogens is 406 g/mol. The zero-order valence-corrected chi connectivity index (χ0v) is 19.4. The van der Waals surface area contributed by atoms with E-state index in [-0.39, 0.29) is 11.8 Å². The number of aromatic nitrogens is 3. The summed E-state index contributed by atoms with van der Waals surface area (Å²) in [5.41, 5.74) is 1.19. The van der Waals surface area contributed by atoms with Gasteiger partial charge in [0, 0.05) is 39.3 Å². The number of carbonyl (C=O) groups is 2. The average molecular weight is 440 g/mol. The Bertz CT molecular complexity index is 926. The number of rotatable bonds is 9. The van der Waals surface area contributed by atoms with E-state index in [1.54, 1.807) is 37.3 Å². The molecule has 0 aromatic carbocycles. The highest BCUT2D eigenvalue weighted by Gasteiger charge is 2.28. The van der Waals surface area contributed by atoms with Crippen molar-refractivity contribution in [3.05, 3.63) is 30.1 Å². The molecule has 1 saturated carbocycles. The predicted octanol–water partition coefficient (Wildman–Crippen LogP) is 3.51. The van der Waals surface area contributed by atoms with Crippen molar-refractivity contribution in [1.82, 2.24) is 20.3 Å². The minimum atomic E-state index is -0.192. The highest BCUT2D eigenvalue weighted by atomic mass is 16.2. The van der Waals surface area contributed by atoms with Crippen LogP contribution in [0.1, 0.15) is 62.7 Å². The summed E-state index contributed by atoms with van der Waals surface area (Å²) in [5.74, 6) is 1.53. The molecule has 2 heterocycles. The first kappa shape index (κ1) is 23.4. The molecule has 1 aliphatic carbocycles. The van der Waals surface area contributed by atoms with Crippen LogP contribution in [0, 0.1) is 0 Å². The van der Waals surface area contributed by atoms with Crippen molar-refractivity contribution in [3.8, 4) is 0 Å². The second-order valence-corrected chi connectivity index (χ2v) is 7.98. The van der Waals surface area contributed by atoms with E-state index < -0.39 is 0 Å². The molecule has 0 spiro atoms. The second kappa shape index (κ2) is 10.9. The van der Waals surface area contributed by atoms with E-state index in [0.717, 1.165) is 31.6 Å². The van der Waals surface area contributed by atoms with E-state index >= 15 is 0 Å². The highest BCUT2D eigenvalue weighted by Crippen LogP contribution is 2.34. The molecule has 0 unspecified atom stereocenters. The van der Waals surface area contributed by atoms with Crippen LogP contribution >= 0.6 is 0 Å². The van der Waals surface area contributed by atoms with Crippen LogP contribution in [0.25, 0.3) is 0 Å². The van der Waals surface area contributed by atoms with Crippen LogP contribution in [-0.4, -0.2) is 53.4 Å². The summed E-state index contributed by atoms with van der Waals surface area (Å²) in [4.78, 5) is 41.7. The van der Waals surface area contributed by atoms with Gasteiger partial charge in [0.1, 0.15) is 11.5 Å². The molecule has 0 saturated heterocycles. The number of pyridine rings is 1. The van der Waals surface area contributed by atoms with Crippen LogP contribution in [0.2, 0.25) is 0 Å². The number of nitrogens with zero attached hydrogens (tertiary/aromatic N) is 5. The van der Waals surface area contributed by atoms with Crippen molar-refractivity contribution < 1.29 is 9.59 Å². The lowest BCUT2D eigenvalue weighted by molar-refractivity contribution is -0.118. The van der Waals surface area contributed by atoms with Gasteiger partial charge in [-0.3, -0.25) is 9.59 Å². The van der Waals surface area contributed by atoms with Crippen LogP contribution in [-0.2, 0) is 4.79 Å². The van der Waals surface area contributed by atoms with Crippen molar-refractivity contribution >= 4 is 35.1 Å². The molecule has 2 aromatic heterocycles. The minimum absolute atomic E-state index is 0.0184. The van der Waals surface area contributed by atoms with Gasteiger partial charge in [-0.2, -0.15) is 4.98 Å². The summed E-state index contributed by atoms with van der Waals surface area (Å²) in [6, 6.07) is 3.82. The Labute approximate surface area is 189 Å². The molecule has 2 N–H and O–H groups in total. The third-order valence-electron chi connectivity index (χ3n) is 5.78. The molecule has 32 heavy (non-hydrogen) atoms. The lowest BCUT2D eigenvalue weighted by Gasteiger charge is -2.33. The largest absolute Gasteiger partial charge is 0.355 e. The zero-order valence-electron chi connectivity index (χ0n) is 19.4. The molecule has 0 aliphatic heterocycles. The smallest absolute Gasteiger partial charge is 0.252 e. The molecule has 0 bridgehead atoms. The lowest BCUT2D eigenvalue weighted by Crippen LogP contribution is -2.37. The fraction of sp³-hybridized carbons (Fsp3) is 0.522. The maximum atomic E-state index is 12.4. The van der Waals surface area contributed by atoms with E-state index in [9.17, 15) is 9.59 Å². The zero-order chi connectivity index (χ0) is 23.1. The van der Waals surface area contributed by atoms with Crippen molar-refractivity contribution in [2.24, 2.45) is 0 Å². The van der Waals surface area contributed by atoms with Crippen LogP contribution in [0.5, 0.6) is 0 Å². The Morgan fingerprint density at radius 1 is 1.12 bits per heavy atom. The maximum Gasteiger partial charge on any atom is 0.252 e. The van der Waals surface area contributed by atoms with Crippen molar-refractivity contribution in [2.45, 2.75) is 58.4 Å². The Kier molecular flexibility index (Phi) is 7.97. The molecule has 1 fully saturated rings. The summed E-state index contributed by atoms with van der Waals surface area (Å²) in [7, 11) is 3.36. The van der Waals surface area contributed by atoms with Gasteiger partial charge in [-0.05, 0) is 31.4 Å². The highest BCUT2D eigenvalue weighted by molar-refractivity contribution is 5.95. The van der Waals surface area contributed by atoms with Gasteiger partial charge in [-0.25, -0.2) is 9.97 Å². The fourth-order valence-corrected chi connectivity index (χ4v) is 4.03. The quantitative estimate of drug-likeness (QED) is 0.616. The van der Waals surface area contributed by atoms with Gasteiger partial charge in [0.05, 0.1) is 11.8 Å². The Morgan fingerprint density at radius 3 is 2.47 bits per heavy atom. The van der Waals surface area contributed by atoms with Crippen LogP contribution in [0.3, 0.4) is 0 Å². The molecular formula is C23H33N7O2. The first-order valence-electron chi connectivity index (χ1n) is 11.3. The number of carbonyl (C=O) groups excluding carboxylic acids is 2. The van der Waals surface area contributed by atoms with Gasteiger partial charge in [-0.1, -0.05) is 26.7 Å². The molecule has 1 aliphatic rings. The van der Waals surface area contributed by atoms with Gasteiger partial charge in [-0.15, -0.1) is 0 Å². The summed E-state index contributed by atoms with van der Waals surface area (Å²) in [6.45, 7) is 4.87. The third-order valence-corrected chi connectivity index (χ3v) is 5.78. The summed E-state index contributed by atoms with van der Waals surface area (Å²) in [6.07, 6.45) is 9.27. The van der Waals surface area contributed by atoms with Gasteiger partial charge in [0.2, 0.25) is 11.9 Å². The first-order valence-corrected chi connectivity index (χ1v) is 11.3. The molecule has 2 aromatic rings. The Balaban J connectivity index is 1.95. The van der Waals surface area contributed by atoms with Gasteiger partial charge in [0.25, 0.3) is 5.91 Å². The molecule has 9 heteroatoms. The monoisotopic (exact) mass is 439 g/mol. The number of nitrogens with one attached hydrogen (secondary N) is 2. The topological polar surface area (TPSA) is 103 Å². The third kappa shape index (κ3) is 5.33. The van der Waals surface area contributed by atoms with Crippen molar-refractivity contribution in [1.29, 1.82) is 0 Å². The Hall–Kier alpha value is -3.23. The summed E-state index contributed by atoms with van der Waals surface area (Å²) >= 11 is 0. The number of amides is 2. The lowest BCUT2D eigenvalue weighted by atomic mass is 10.2. The number of hydrogen-bond acceptors (Lipinski definition) is 7. The van der Waals surface area contributed by atoms with Crippen molar-refractivity contribution in [2.75, 3.05) is 35.8 Å². The van der Waals surface area contributed by atoms with Gasteiger partial charge < -0.3 is 20.4 Å². The normalized spacial score (nSPS) is 13.6. The molecule has 2 amide bonds. The molecule has 9 nitrogen and oxygen atoms in total. The predicted molar refractivity (Wildman–Crippen MR) is 127 cm³/mol. The van der Waals surface area contributed by atoms with Crippen LogP contribution in [0.4, 0.5) is 23.3 Å². The second-order valence-electron chi connectivity index (χ2n) is 7.98. The molecule has 3 rings (SSSR count). The van der Waals surface area contributed by atoms with E-state index in [1.807, 2.05) is 6.92 Å². The standard InChI is InChI=1S/C23H33N7O2/c1-5-13-30(17-9-7-8-10-17)21-18(29(4)20(31)6-2)15-26-23(28-21)27-19-12-11-16(14-25-19)22(32)24-3/h11-12,14-15,17H,5-10,13H2,1-4H3,(H,24,32)(H,25,26,27,28).